The van der Waals surface area contributed by atoms with E-state index in [-0.39, 0.29) is 27.6 Å². The van der Waals surface area contributed by atoms with Gasteiger partial charge in [0.15, 0.2) is 5.75 Å². The van der Waals surface area contributed by atoms with Crippen LogP contribution >= 0.6 is 0 Å². The summed E-state index contributed by atoms with van der Waals surface area (Å²) in [5.41, 5.74) is 0.0655. The molecule has 0 saturated heterocycles. The van der Waals surface area contributed by atoms with Crippen LogP contribution in [0.15, 0.2) is 102 Å². The van der Waals surface area contributed by atoms with Crippen molar-refractivity contribution < 1.29 is 26.7 Å². The number of sulfonamides is 1. The van der Waals surface area contributed by atoms with Crippen molar-refractivity contribution in [1.29, 1.82) is 0 Å². The summed E-state index contributed by atoms with van der Waals surface area (Å²) >= 11 is 0. The average Bonchev–Trinajstić information content (AvgIpc) is 2.82. The topological polar surface area (TPSA) is 84.5 Å². The lowest BCUT2D eigenvalue weighted by molar-refractivity contribution is 0.102. The molecule has 4 aromatic rings. The minimum atomic E-state index is -4.18. The fourth-order valence-electron chi connectivity index (χ4n) is 3.02. The molecule has 4 rings (SSSR count). The third-order valence-corrected chi connectivity index (χ3v) is 6.07. The summed E-state index contributed by atoms with van der Waals surface area (Å²) in [5.74, 6) is -1.35. The van der Waals surface area contributed by atoms with Crippen molar-refractivity contribution >= 4 is 27.3 Å². The number of halogens is 2. The van der Waals surface area contributed by atoms with Crippen LogP contribution in [0.4, 0.5) is 20.2 Å². The number of benzene rings is 4. The Morgan fingerprint density at radius 3 is 2.15 bits per heavy atom. The highest BCUT2D eigenvalue weighted by Gasteiger charge is 2.19. The van der Waals surface area contributed by atoms with Gasteiger partial charge in [-0.05, 0) is 66.7 Å². The van der Waals surface area contributed by atoms with Gasteiger partial charge in [0.2, 0.25) is 0 Å². The molecule has 0 heterocycles. The summed E-state index contributed by atoms with van der Waals surface area (Å²) in [6.45, 7) is 0. The molecule has 0 radical (unpaired) electrons. The lowest BCUT2D eigenvalue weighted by atomic mass is 10.2. The Morgan fingerprint density at radius 2 is 1.44 bits per heavy atom. The molecule has 0 spiro atoms. The molecule has 0 aliphatic rings. The molecule has 0 aromatic heterocycles. The lowest BCUT2D eigenvalue weighted by Gasteiger charge is -2.14. The van der Waals surface area contributed by atoms with Crippen LogP contribution in [0.1, 0.15) is 10.4 Å². The number of para-hydroxylation sites is 3. The fraction of sp³-hybridized carbons (Fsp3) is 0. The Labute approximate surface area is 194 Å². The van der Waals surface area contributed by atoms with Crippen molar-refractivity contribution in [1.82, 2.24) is 0 Å². The predicted molar refractivity (Wildman–Crippen MR) is 125 cm³/mol. The van der Waals surface area contributed by atoms with Crippen molar-refractivity contribution in [2.24, 2.45) is 0 Å². The average molecular weight is 480 g/mol. The smallest absolute Gasteiger partial charge is 0.262 e. The Morgan fingerprint density at radius 1 is 0.765 bits per heavy atom. The molecular formula is C25H18F2N2O4S. The Bertz CT molecular complexity index is 1430. The number of carbonyl (C=O) groups excluding carboxylic acids is 1. The first-order valence-corrected chi connectivity index (χ1v) is 11.5. The second kappa shape index (κ2) is 9.72. The minimum Gasteiger partial charge on any atom is -0.455 e. The zero-order chi connectivity index (χ0) is 24.1. The van der Waals surface area contributed by atoms with E-state index in [4.69, 9.17) is 4.74 Å². The van der Waals surface area contributed by atoms with Crippen molar-refractivity contribution in [2.45, 2.75) is 4.90 Å². The first kappa shape index (κ1) is 22.9. The van der Waals surface area contributed by atoms with Gasteiger partial charge in [-0.2, -0.15) is 0 Å². The number of carbonyl (C=O) groups is 1. The Balaban J connectivity index is 1.53. The van der Waals surface area contributed by atoms with E-state index in [0.717, 1.165) is 30.3 Å². The molecule has 0 saturated carbocycles. The molecule has 0 bridgehead atoms. The number of anilines is 2. The highest BCUT2D eigenvalue weighted by molar-refractivity contribution is 7.92. The van der Waals surface area contributed by atoms with Crippen LogP contribution in [0.5, 0.6) is 11.5 Å². The van der Waals surface area contributed by atoms with Gasteiger partial charge in [-0.25, -0.2) is 17.2 Å². The van der Waals surface area contributed by atoms with Crippen LogP contribution < -0.4 is 14.8 Å². The van der Waals surface area contributed by atoms with Gasteiger partial charge in [0.1, 0.15) is 17.4 Å². The first-order chi connectivity index (χ1) is 16.3. The lowest BCUT2D eigenvalue weighted by Crippen LogP contribution is -2.16. The molecule has 0 unspecified atom stereocenters. The predicted octanol–water partition coefficient (Wildman–Crippen LogP) is 5.81. The summed E-state index contributed by atoms with van der Waals surface area (Å²) in [6.07, 6.45) is 0. The van der Waals surface area contributed by atoms with Gasteiger partial charge in [0, 0.05) is 5.56 Å². The second-order valence-corrected chi connectivity index (χ2v) is 8.80. The maximum Gasteiger partial charge on any atom is 0.262 e. The molecule has 2 N–H and O–H groups in total. The number of ether oxygens (including phenoxy) is 1. The highest BCUT2D eigenvalue weighted by Crippen LogP contribution is 2.31. The van der Waals surface area contributed by atoms with E-state index < -0.39 is 27.6 Å². The molecule has 0 atom stereocenters. The molecule has 1 amide bonds. The Kier molecular flexibility index (Phi) is 6.55. The van der Waals surface area contributed by atoms with E-state index >= 15 is 0 Å². The number of amides is 1. The molecule has 0 aliphatic heterocycles. The van der Waals surface area contributed by atoms with E-state index in [1.165, 1.54) is 18.2 Å². The van der Waals surface area contributed by atoms with E-state index in [1.807, 2.05) is 6.07 Å². The molecule has 9 heteroatoms. The van der Waals surface area contributed by atoms with E-state index in [2.05, 4.69) is 10.0 Å². The molecule has 6 nitrogen and oxygen atoms in total. The van der Waals surface area contributed by atoms with Crippen LogP contribution in [0.3, 0.4) is 0 Å². The minimum absolute atomic E-state index is 0.120. The third kappa shape index (κ3) is 5.38. The normalized spacial score (nSPS) is 11.0. The number of hydrogen-bond donors (Lipinski definition) is 2. The van der Waals surface area contributed by atoms with Gasteiger partial charge >= 0.3 is 0 Å². The summed E-state index contributed by atoms with van der Waals surface area (Å²) in [5, 5.41) is 2.34. The van der Waals surface area contributed by atoms with Gasteiger partial charge in [-0.1, -0.05) is 30.3 Å². The molecule has 172 valence electrons. The van der Waals surface area contributed by atoms with Gasteiger partial charge in [-0.15, -0.1) is 0 Å². The number of nitrogens with one attached hydrogen (secondary N) is 2. The highest BCUT2D eigenvalue weighted by atomic mass is 32.2. The summed E-state index contributed by atoms with van der Waals surface area (Å²) in [7, 11) is -4.18. The standard InChI is InChI=1S/C25H18F2N2O4S/c26-18-12-10-17(11-13-18)25(30)28-22-15-14-20(16-21(22)27)34(31,32)29-23-8-4-5-9-24(23)33-19-6-2-1-3-7-19/h1-16,29H,(H,28,30). The maximum atomic E-state index is 14.6. The van der Waals surface area contributed by atoms with Crippen LogP contribution in [-0.2, 0) is 10.0 Å². The third-order valence-electron chi connectivity index (χ3n) is 4.71. The zero-order valence-corrected chi connectivity index (χ0v) is 18.4. The zero-order valence-electron chi connectivity index (χ0n) is 17.5. The fourth-order valence-corrected chi connectivity index (χ4v) is 4.10. The monoisotopic (exact) mass is 480 g/mol. The van der Waals surface area contributed by atoms with Crippen molar-refractivity contribution in [3.05, 3.63) is 114 Å². The van der Waals surface area contributed by atoms with Crippen LogP contribution in [-0.4, -0.2) is 14.3 Å². The Hall–Kier alpha value is -4.24. The molecular weight excluding hydrogens is 462 g/mol. The van der Waals surface area contributed by atoms with Crippen molar-refractivity contribution in [2.75, 3.05) is 10.0 Å². The summed E-state index contributed by atoms with van der Waals surface area (Å²) in [4.78, 5) is 11.9. The number of hydrogen-bond acceptors (Lipinski definition) is 4. The largest absolute Gasteiger partial charge is 0.455 e. The first-order valence-electron chi connectivity index (χ1n) is 10.0. The van der Waals surface area contributed by atoms with Crippen molar-refractivity contribution in [3.63, 3.8) is 0 Å². The number of rotatable bonds is 7. The van der Waals surface area contributed by atoms with Crippen LogP contribution in [0.2, 0.25) is 0 Å². The van der Waals surface area contributed by atoms with Gasteiger partial charge in [-0.3, -0.25) is 9.52 Å². The van der Waals surface area contributed by atoms with E-state index in [1.54, 1.807) is 42.5 Å². The summed E-state index contributed by atoms with van der Waals surface area (Å²) < 4.78 is 61.6. The van der Waals surface area contributed by atoms with Gasteiger partial charge in [0.25, 0.3) is 15.9 Å². The quantitative estimate of drug-likeness (QED) is 0.350. The molecule has 0 fully saturated rings. The van der Waals surface area contributed by atoms with E-state index in [9.17, 15) is 22.0 Å². The molecule has 4 aromatic carbocycles. The second-order valence-electron chi connectivity index (χ2n) is 7.12. The summed E-state index contributed by atoms with van der Waals surface area (Å²) in [6, 6.07) is 23.1. The van der Waals surface area contributed by atoms with Crippen LogP contribution in [0, 0.1) is 11.6 Å². The molecule has 34 heavy (non-hydrogen) atoms. The van der Waals surface area contributed by atoms with Gasteiger partial charge in [0.05, 0.1) is 16.3 Å². The molecule has 0 aliphatic carbocycles. The van der Waals surface area contributed by atoms with Crippen molar-refractivity contribution in [3.8, 4) is 11.5 Å². The van der Waals surface area contributed by atoms with Crippen LogP contribution in [0.25, 0.3) is 0 Å². The SMILES string of the molecule is O=C(Nc1ccc(S(=O)(=O)Nc2ccccc2Oc2ccccc2)cc1F)c1ccc(F)cc1. The van der Waals surface area contributed by atoms with Gasteiger partial charge < -0.3 is 10.1 Å². The maximum absolute atomic E-state index is 14.6. The van der Waals surface area contributed by atoms with E-state index in [0.29, 0.717) is 5.75 Å².